The van der Waals surface area contributed by atoms with E-state index in [1.807, 2.05) is 6.07 Å². The van der Waals surface area contributed by atoms with Crippen molar-refractivity contribution in [2.75, 3.05) is 0 Å². The molecular weight excluding hydrogens is 368 g/mol. The number of aromatic nitrogens is 1. The maximum absolute atomic E-state index is 11.9. The van der Waals surface area contributed by atoms with Crippen LogP contribution in [-0.2, 0) is 0 Å². The Balaban J connectivity index is 1.86. The van der Waals surface area contributed by atoms with Crippen molar-refractivity contribution in [3.05, 3.63) is 64.4 Å². The van der Waals surface area contributed by atoms with Gasteiger partial charge in [-0.15, -0.1) is 0 Å². The Labute approximate surface area is 140 Å². The largest absolute Gasteiger partial charge is 0.298 e. The van der Waals surface area contributed by atoms with Crippen molar-refractivity contribution < 1.29 is 9.59 Å². The smallest absolute Gasteiger partial charge is 0.269 e. The van der Waals surface area contributed by atoms with E-state index < -0.39 is 0 Å². The third-order valence-corrected chi connectivity index (χ3v) is 3.24. The summed E-state index contributed by atoms with van der Waals surface area (Å²) in [6.07, 6.45) is 3.00. The summed E-state index contributed by atoms with van der Waals surface area (Å²) in [7, 11) is 0. The van der Waals surface area contributed by atoms with Crippen LogP contribution in [0.25, 0.3) is 0 Å². The number of nitrogens with zero attached hydrogens (tertiary/aromatic N) is 1. The van der Waals surface area contributed by atoms with Crippen LogP contribution < -0.4 is 16.2 Å². The molecule has 1 aromatic carbocycles. The summed E-state index contributed by atoms with van der Waals surface area (Å²) in [4.78, 5) is 27.5. The Morgan fingerprint density at radius 2 is 1.73 bits per heavy atom. The molecule has 0 aliphatic rings. The molecule has 8 heteroatoms. The number of halogens is 1. The van der Waals surface area contributed by atoms with Gasteiger partial charge in [0.25, 0.3) is 11.8 Å². The molecule has 0 fully saturated rings. The van der Waals surface area contributed by atoms with Crippen molar-refractivity contribution in [1.29, 1.82) is 0 Å². The summed E-state index contributed by atoms with van der Waals surface area (Å²) >= 11 is 8.23. The van der Waals surface area contributed by atoms with E-state index in [4.69, 9.17) is 12.2 Å². The van der Waals surface area contributed by atoms with Crippen LogP contribution in [0.1, 0.15) is 20.7 Å². The van der Waals surface area contributed by atoms with E-state index in [1.165, 1.54) is 12.4 Å². The molecule has 0 aliphatic heterocycles. The fourth-order valence-electron chi connectivity index (χ4n) is 1.53. The number of rotatable bonds is 2. The highest BCUT2D eigenvalue weighted by Crippen LogP contribution is 2.11. The zero-order valence-corrected chi connectivity index (χ0v) is 13.6. The quantitative estimate of drug-likeness (QED) is 0.548. The molecule has 6 nitrogen and oxygen atoms in total. The molecule has 0 unspecified atom stereocenters. The minimum atomic E-state index is -0.388. The molecule has 3 N–H and O–H groups in total. The van der Waals surface area contributed by atoms with Crippen molar-refractivity contribution in [2.45, 2.75) is 0 Å². The van der Waals surface area contributed by atoms with Crippen LogP contribution in [0.3, 0.4) is 0 Å². The maximum atomic E-state index is 11.9. The number of hydrogen-bond acceptors (Lipinski definition) is 4. The first-order valence-corrected chi connectivity index (χ1v) is 7.33. The van der Waals surface area contributed by atoms with Crippen LogP contribution in [-0.4, -0.2) is 21.9 Å². The van der Waals surface area contributed by atoms with Crippen LogP contribution >= 0.6 is 28.1 Å². The van der Waals surface area contributed by atoms with Crippen LogP contribution in [0.4, 0.5) is 0 Å². The average Bonchev–Trinajstić information content (AvgIpc) is 2.53. The summed E-state index contributed by atoms with van der Waals surface area (Å²) in [5.74, 6) is -0.765. The van der Waals surface area contributed by atoms with Gasteiger partial charge in [-0.1, -0.05) is 22.0 Å². The Hall–Kier alpha value is -2.32. The van der Waals surface area contributed by atoms with E-state index in [9.17, 15) is 9.59 Å². The molecule has 0 spiro atoms. The molecule has 0 radical (unpaired) electrons. The molecule has 0 aliphatic carbocycles. The number of hydrazine groups is 1. The van der Waals surface area contributed by atoms with Crippen LogP contribution in [0, 0.1) is 0 Å². The van der Waals surface area contributed by atoms with Crippen molar-refractivity contribution in [3.63, 3.8) is 0 Å². The van der Waals surface area contributed by atoms with Gasteiger partial charge in [-0.3, -0.25) is 30.7 Å². The van der Waals surface area contributed by atoms with Crippen LogP contribution in [0.2, 0.25) is 0 Å². The molecular formula is C14H11BrN4O2S. The van der Waals surface area contributed by atoms with E-state index in [2.05, 4.69) is 37.1 Å². The van der Waals surface area contributed by atoms with Gasteiger partial charge >= 0.3 is 0 Å². The lowest BCUT2D eigenvalue weighted by Crippen LogP contribution is -2.48. The molecule has 0 saturated carbocycles. The highest BCUT2D eigenvalue weighted by atomic mass is 79.9. The number of thiocarbonyl (C=S) groups is 1. The predicted octanol–water partition coefficient (Wildman–Crippen LogP) is 1.79. The normalized spacial score (nSPS) is 9.68. The number of benzene rings is 1. The third kappa shape index (κ3) is 4.61. The lowest BCUT2D eigenvalue weighted by molar-refractivity contribution is 0.0934. The maximum Gasteiger partial charge on any atom is 0.269 e. The first kappa shape index (κ1) is 16.1. The molecule has 2 rings (SSSR count). The minimum Gasteiger partial charge on any atom is -0.298 e. The van der Waals surface area contributed by atoms with Crippen molar-refractivity contribution >= 4 is 45.1 Å². The number of hydrogen-bond donors (Lipinski definition) is 3. The average molecular weight is 379 g/mol. The molecule has 0 bridgehead atoms. The van der Waals surface area contributed by atoms with Gasteiger partial charge in [0.2, 0.25) is 0 Å². The molecule has 0 saturated heterocycles. The van der Waals surface area contributed by atoms with Gasteiger partial charge < -0.3 is 0 Å². The molecule has 1 aromatic heterocycles. The molecule has 22 heavy (non-hydrogen) atoms. The van der Waals surface area contributed by atoms with E-state index in [0.717, 1.165) is 4.47 Å². The van der Waals surface area contributed by atoms with Crippen LogP contribution in [0.15, 0.2) is 53.3 Å². The fraction of sp³-hybridized carbons (Fsp3) is 0. The van der Waals surface area contributed by atoms with E-state index >= 15 is 0 Å². The molecule has 0 atom stereocenters. The second-order valence-corrected chi connectivity index (χ2v) is 5.43. The second-order valence-electron chi connectivity index (χ2n) is 4.11. The fourth-order valence-corrected chi connectivity index (χ4v) is 2.07. The molecule has 112 valence electrons. The predicted molar refractivity (Wildman–Crippen MR) is 89.0 cm³/mol. The minimum absolute atomic E-state index is 0.00705. The topological polar surface area (TPSA) is 83.1 Å². The van der Waals surface area contributed by atoms with Gasteiger partial charge in [0.1, 0.15) is 0 Å². The Morgan fingerprint density at radius 1 is 1.00 bits per heavy atom. The van der Waals surface area contributed by atoms with Crippen molar-refractivity contribution in [1.82, 2.24) is 21.2 Å². The molecule has 2 amide bonds. The molecule has 2 aromatic rings. The number of carbonyl (C=O) groups is 2. The summed E-state index contributed by atoms with van der Waals surface area (Å²) in [6, 6.07) is 9.97. The Bertz CT molecular complexity index is 709. The Morgan fingerprint density at radius 3 is 2.41 bits per heavy atom. The van der Waals surface area contributed by atoms with Gasteiger partial charge in [0.15, 0.2) is 5.11 Å². The zero-order valence-electron chi connectivity index (χ0n) is 11.2. The SMILES string of the molecule is O=C(NNC(=S)NC(=O)c1cccc(Br)c1)c1ccncc1. The molecule has 1 heterocycles. The standard InChI is InChI=1S/C14H11BrN4O2S/c15-11-3-1-2-10(8-11)12(20)17-14(22)19-18-13(21)9-4-6-16-7-5-9/h1-8H,(H,18,21)(H2,17,19,20,22). The van der Waals surface area contributed by atoms with E-state index in [-0.39, 0.29) is 16.9 Å². The van der Waals surface area contributed by atoms with Crippen LogP contribution in [0.5, 0.6) is 0 Å². The Kier molecular flexibility index (Phi) is 5.56. The lowest BCUT2D eigenvalue weighted by Gasteiger charge is -2.10. The monoisotopic (exact) mass is 378 g/mol. The number of nitrogens with one attached hydrogen (secondary N) is 3. The first-order chi connectivity index (χ1) is 10.6. The zero-order chi connectivity index (χ0) is 15.9. The van der Waals surface area contributed by atoms with Crippen molar-refractivity contribution in [2.24, 2.45) is 0 Å². The number of amides is 2. The number of carbonyl (C=O) groups excluding carboxylic acids is 2. The van der Waals surface area contributed by atoms with Gasteiger partial charge in [-0.25, -0.2) is 0 Å². The van der Waals surface area contributed by atoms with E-state index in [0.29, 0.717) is 11.1 Å². The number of pyridine rings is 1. The van der Waals surface area contributed by atoms with E-state index in [1.54, 1.807) is 30.3 Å². The first-order valence-electron chi connectivity index (χ1n) is 6.13. The highest BCUT2D eigenvalue weighted by Gasteiger charge is 2.09. The highest BCUT2D eigenvalue weighted by molar-refractivity contribution is 9.10. The van der Waals surface area contributed by atoms with Gasteiger partial charge in [-0.05, 0) is 42.5 Å². The summed E-state index contributed by atoms with van der Waals surface area (Å²) in [5.41, 5.74) is 5.71. The second kappa shape index (κ2) is 7.62. The summed E-state index contributed by atoms with van der Waals surface area (Å²) in [5, 5.41) is 2.46. The lowest BCUT2D eigenvalue weighted by atomic mass is 10.2. The summed E-state index contributed by atoms with van der Waals surface area (Å²) in [6.45, 7) is 0. The van der Waals surface area contributed by atoms with Gasteiger partial charge in [0, 0.05) is 28.0 Å². The summed E-state index contributed by atoms with van der Waals surface area (Å²) < 4.78 is 0.782. The van der Waals surface area contributed by atoms with Gasteiger partial charge in [-0.2, -0.15) is 0 Å². The van der Waals surface area contributed by atoms with Crippen molar-refractivity contribution in [3.8, 4) is 0 Å². The third-order valence-electron chi connectivity index (χ3n) is 2.55. The van der Waals surface area contributed by atoms with Gasteiger partial charge in [0.05, 0.1) is 0 Å².